The van der Waals surface area contributed by atoms with Gasteiger partial charge in [0.2, 0.25) is 0 Å². The van der Waals surface area contributed by atoms with Crippen LogP contribution in [0.15, 0.2) is 78.9 Å². The molecular formula is C30H24Cl2N4O6. The first-order valence-electron chi connectivity index (χ1n) is 13.0. The zero-order valence-electron chi connectivity index (χ0n) is 22.1. The maximum Gasteiger partial charge on any atom is 0.269 e. The molecule has 214 valence electrons. The number of hydrogen-bond donors (Lipinski definition) is 1. The maximum absolute atomic E-state index is 13.1. The van der Waals surface area contributed by atoms with Gasteiger partial charge in [-0.3, -0.25) is 25.0 Å². The van der Waals surface area contributed by atoms with Crippen molar-refractivity contribution in [1.29, 1.82) is 0 Å². The van der Waals surface area contributed by atoms with Crippen molar-refractivity contribution < 1.29 is 19.4 Å². The van der Waals surface area contributed by atoms with Gasteiger partial charge in [-0.05, 0) is 53.8 Å². The van der Waals surface area contributed by atoms with Gasteiger partial charge in [0.1, 0.15) is 6.61 Å². The number of benzene rings is 4. The predicted octanol–water partition coefficient (Wildman–Crippen LogP) is 7.25. The minimum Gasteiger partial charge on any atom is -0.486 e. The van der Waals surface area contributed by atoms with Crippen LogP contribution >= 0.6 is 23.2 Å². The van der Waals surface area contributed by atoms with Crippen LogP contribution in [0.4, 0.5) is 22.7 Å². The van der Waals surface area contributed by atoms with E-state index in [9.17, 15) is 25.0 Å². The van der Waals surface area contributed by atoms with Crippen LogP contribution in [0.25, 0.3) is 0 Å². The molecule has 0 spiro atoms. The Kier molecular flexibility index (Phi) is 8.56. The molecule has 2 aliphatic rings. The number of ether oxygens (including phenoxy) is 1. The van der Waals surface area contributed by atoms with E-state index in [2.05, 4.69) is 5.32 Å². The number of amides is 1. The van der Waals surface area contributed by atoms with Crippen molar-refractivity contribution in [2.45, 2.75) is 19.4 Å². The van der Waals surface area contributed by atoms with Crippen LogP contribution in [0.2, 0.25) is 10.0 Å². The number of rotatable bonds is 6. The van der Waals surface area contributed by atoms with E-state index < -0.39 is 4.92 Å². The third-order valence-corrected chi connectivity index (χ3v) is 7.46. The van der Waals surface area contributed by atoms with Gasteiger partial charge in [0, 0.05) is 54.3 Å². The van der Waals surface area contributed by atoms with Gasteiger partial charge in [0.15, 0.2) is 5.75 Å². The fourth-order valence-corrected chi connectivity index (χ4v) is 5.42. The Morgan fingerprint density at radius 3 is 2.17 bits per heavy atom. The van der Waals surface area contributed by atoms with Gasteiger partial charge in [-0.2, -0.15) is 0 Å². The summed E-state index contributed by atoms with van der Waals surface area (Å²) in [4.78, 5) is 35.2. The molecule has 0 radical (unpaired) electrons. The maximum atomic E-state index is 13.1. The summed E-state index contributed by atoms with van der Waals surface area (Å²) >= 11 is 12.7. The molecule has 1 amide bonds. The average Bonchev–Trinajstić information content (AvgIpc) is 3.63. The Balaban J connectivity index is 0.000000244. The lowest BCUT2D eigenvalue weighted by Gasteiger charge is -2.18. The van der Waals surface area contributed by atoms with Crippen LogP contribution in [-0.4, -0.2) is 28.8 Å². The number of nitrogens with zero attached hydrogens (tertiary/aromatic N) is 3. The number of non-ortho nitro benzene ring substituents is 2. The molecule has 10 nitrogen and oxygen atoms in total. The molecule has 0 aliphatic carbocycles. The van der Waals surface area contributed by atoms with E-state index >= 15 is 0 Å². The van der Waals surface area contributed by atoms with Gasteiger partial charge in [-0.25, -0.2) is 0 Å². The summed E-state index contributed by atoms with van der Waals surface area (Å²) in [5.41, 5.74) is 4.96. The first kappa shape index (κ1) is 28.8. The second-order valence-corrected chi connectivity index (χ2v) is 10.4. The molecular weight excluding hydrogens is 583 g/mol. The van der Waals surface area contributed by atoms with Crippen molar-refractivity contribution in [2.24, 2.45) is 0 Å². The van der Waals surface area contributed by atoms with E-state index in [0.29, 0.717) is 36.6 Å². The number of nitro benzene ring substituents is 2. The summed E-state index contributed by atoms with van der Waals surface area (Å²) in [5.74, 6) is 0.0391. The molecule has 6 rings (SSSR count). The summed E-state index contributed by atoms with van der Waals surface area (Å²) in [6.45, 7) is 1.61. The van der Waals surface area contributed by atoms with Gasteiger partial charge in [-0.1, -0.05) is 53.5 Å². The number of halogens is 2. The molecule has 42 heavy (non-hydrogen) atoms. The van der Waals surface area contributed by atoms with Crippen molar-refractivity contribution in [3.63, 3.8) is 0 Å². The molecule has 12 heteroatoms. The first-order chi connectivity index (χ1) is 20.2. The highest BCUT2D eigenvalue weighted by molar-refractivity contribution is 6.38. The minimum absolute atomic E-state index is 0.00838. The van der Waals surface area contributed by atoms with Gasteiger partial charge in [0.05, 0.1) is 19.9 Å². The second kappa shape index (κ2) is 12.5. The largest absolute Gasteiger partial charge is 0.486 e. The van der Waals surface area contributed by atoms with Crippen LogP contribution in [0, 0.1) is 20.2 Å². The number of anilines is 2. The number of nitro groups is 2. The van der Waals surface area contributed by atoms with E-state index in [1.165, 1.54) is 30.3 Å². The smallest absolute Gasteiger partial charge is 0.269 e. The Morgan fingerprint density at radius 2 is 1.50 bits per heavy atom. The highest BCUT2D eigenvalue weighted by atomic mass is 35.5. The first-order valence-corrected chi connectivity index (χ1v) is 13.7. The third kappa shape index (κ3) is 6.29. The average molecular weight is 607 g/mol. The Morgan fingerprint density at radius 1 is 0.857 bits per heavy atom. The lowest BCUT2D eigenvalue weighted by Crippen LogP contribution is -2.28. The number of hydrogen-bond acceptors (Lipinski definition) is 7. The molecule has 0 bridgehead atoms. The summed E-state index contributed by atoms with van der Waals surface area (Å²) in [5, 5.41) is 25.0. The topological polar surface area (TPSA) is 128 Å². The fraction of sp³-hybridized carbons (Fsp3) is 0.167. The van der Waals surface area contributed by atoms with E-state index in [1.807, 2.05) is 30.3 Å². The van der Waals surface area contributed by atoms with Crippen LogP contribution in [0.3, 0.4) is 0 Å². The fourth-order valence-electron chi connectivity index (χ4n) is 4.82. The second-order valence-electron chi connectivity index (χ2n) is 9.60. The normalized spacial score (nSPS) is 12.9. The highest BCUT2D eigenvalue weighted by Gasteiger charge is 2.28. The van der Waals surface area contributed by atoms with Crippen LogP contribution in [0.5, 0.6) is 5.75 Å². The standard InChI is InChI=1S/C22H16Cl2N2O4.C8H8N2O2/c23-18-11-16(12-19(24)21(18)30-13-14-4-2-1-3-5-14)22(27)25-9-8-15-10-17(26(28)29)6-7-20(15)25;11-10(12)7-1-2-8-6(5-7)3-4-9-8/h1-7,10-12H,8-9,13H2;1-2,5,9H,3-4H2. The molecule has 4 aromatic carbocycles. The molecule has 0 saturated carbocycles. The lowest BCUT2D eigenvalue weighted by molar-refractivity contribution is -0.385. The van der Waals surface area contributed by atoms with Crippen molar-refractivity contribution >= 4 is 51.9 Å². The number of fused-ring (bicyclic) bond motifs is 2. The number of carbonyl (C=O) groups is 1. The van der Waals surface area contributed by atoms with Crippen molar-refractivity contribution in [1.82, 2.24) is 0 Å². The van der Waals surface area contributed by atoms with Gasteiger partial charge >= 0.3 is 0 Å². The minimum atomic E-state index is -0.446. The van der Waals surface area contributed by atoms with Crippen LogP contribution in [0.1, 0.15) is 27.0 Å². The van der Waals surface area contributed by atoms with Crippen LogP contribution < -0.4 is 15.0 Å². The van der Waals surface area contributed by atoms with Crippen molar-refractivity contribution in [2.75, 3.05) is 23.3 Å². The zero-order valence-corrected chi connectivity index (χ0v) is 23.6. The SMILES string of the molecule is O=C(c1cc(Cl)c(OCc2ccccc2)c(Cl)c1)N1CCc2cc([N+](=O)[O-])ccc21.O=[N+]([O-])c1ccc2c(c1)CCN2. The summed E-state index contributed by atoms with van der Waals surface area (Å²) < 4.78 is 5.75. The lowest BCUT2D eigenvalue weighted by atomic mass is 10.1. The Bertz CT molecular complexity index is 1660. The van der Waals surface area contributed by atoms with E-state index in [-0.39, 0.29) is 32.3 Å². The highest BCUT2D eigenvalue weighted by Crippen LogP contribution is 2.37. The third-order valence-electron chi connectivity index (χ3n) is 6.90. The zero-order chi connectivity index (χ0) is 29.8. The van der Waals surface area contributed by atoms with E-state index in [0.717, 1.165) is 35.3 Å². The van der Waals surface area contributed by atoms with E-state index in [1.54, 1.807) is 23.1 Å². The van der Waals surface area contributed by atoms with Crippen molar-refractivity contribution in [3.05, 3.63) is 131 Å². The van der Waals surface area contributed by atoms with Crippen molar-refractivity contribution in [3.8, 4) is 5.75 Å². The molecule has 2 aliphatic heterocycles. The molecule has 0 aromatic heterocycles. The van der Waals surface area contributed by atoms with E-state index in [4.69, 9.17) is 27.9 Å². The molecule has 2 heterocycles. The molecule has 4 aromatic rings. The predicted molar refractivity (Wildman–Crippen MR) is 161 cm³/mol. The Labute approximate surface area is 250 Å². The van der Waals surface area contributed by atoms with Gasteiger partial charge < -0.3 is 15.0 Å². The molecule has 0 fully saturated rings. The number of nitrogens with one attached hydrogen (secondary N) is 1. The summed E-state index contributed by atoms with van der Waals surface area (Å²) in [6, 6.07) is 22.1. The molecule has 0 saturated heterocycles. The molecule has 1 N–H and O–H groups in total. The Hall–Kier alpha value is -4.67. The van der Waals surface area contributed by atoms with Gasteiger partial charge in [-0.15, -0.1) is 0 Å². The summed E-state index contributed by atoms with van der Waals surface area (Å²) in [7, 11) is 0. The quantitative estimate of drug-likeness (QED) is 0.181. The summed E-state index contributed by atoms with van der Waals surface area (Å²) in [6.07, 6.45) is 1.43. The molecule has 0 unspecified atom stereocenters. The van der Waals surface area contributed by atoms with Gasteiger partial charge in [0.25, 0.3) is 17.3 Å². The number of carbonyl (C=O) groups excluding carboxylic acids is 1. The van der Waals surface area contributed by atoms with Crippen LogP contribution in [-0.2, 0) is 19.4 Å². The monoisotopic (exact) mass is 606 g/mol. The molecule has 0 atom stereocenters.